The molecule has 0 spiro atoms. The van der Waals surface area contributed by atoms with Crippen molar-refractivity contribution in [3.63, 3.8) is 0 Å². The first-order valence-corrected chi connectivity index (χ1v) is 6.28. The van der Waals surface area contributed by atoms with Crippen LogP contribution in [-0.2, 0) is 9.53 Å². The summed E-state index contributed by atoms with van der Waals surface area (Å²) in [7, 11) is 0. The van der Waals surface area contributed by atoms with Gasteiger partial charge in [-0.1, -0.05) is 0 Å². The summed E-state index contributed by atoms with van der Waals surface area (Å²) < 4.78 is 5.50. The van der Waals surface area contributed by atoms with Crippen molar-refractivity contribution in [2.45, 2.75) is 37.0 Å². The van der Waals surface area contributed by atoms with Crippen molar-refractivity contribution >= 4 is 17.7 Å². The van der Waals surface area contributed by atoms with Gasteiger partial charge in [-0.15, -0.1) is 0 Å². The maximum atomic E-state index is 10.7. The number of aliphatic carboxylic acids is 1. The number of carboxylic acid groups (broad SMARTS) is 1. The van der Waals surface area contributed by atoms with E-state index >= 15 is 0 Å². The summed E-state index contributed by atoms with van der Waals surface area (Å²) in [5.74, 6) is 0.261. The van der Waals surface area contributed by atoms with E-state index in [1.807, 2.05) is 0 Å². The molecule has 2 rings (SSSR count). The van der Waals surface area contributed by atoms with Crippen LogP contribution in [-0.4, -0.2) is 34.8 Å². The summed E-state index contributed by atoms with van der Waals surface area (Å²) in [6.07, 6.45) is 4.62. The molecular weight excluding hydrogens is 200 g/mol. The lowest BCUT2D eigenvalue weighted by molar-refractivity contribution is -0.144. The van der Waals surface area contributed by atoms with Crippen molar-refractivity contribution in [1.82, 2.24) is 0 Å². The molecule has 0 aromatic carbocycles. The highest BCUT2D eigenvalue weighted by atomic mass is 32.2. The maximum Gasteiger partial charge on any atom is 0.307 e. The van der Waals surface area contributed by atoms with Gasteiger partial charge in [0.05, 0.1) is 12.0 Å². The van der Waals surface area contributed by atoms with E-state index in [1.54, 1.807) is 11.8 Å². The molecule has 80 valence electrons. The van der Waals surface area contributed by atoms with E-state index in [-0.39, 0.29) is 5.92 Å². The van der Waals surface area contributed by atoms with Crippen molar-refractivity contribution in [2.24, 2.45) is 5.92 Å². The van der Waals surface area contributed by atoms with E-state index in [0.717, 1.165) is 38.0 Å². The number of rotatable bonds is 4. The fourth-order valence-corrected chi connectivity index (χ4v) is 3.47. The van der Waals surface area contributed by atoms with E-state index in [1.165, 1.54) is 0 Å². The molecule has 1 saturated carbocycles. The van der Waals surface area contributed by atoms with Gasteiger partial charge in [-0.2, -0.15) is 11.8 Å². The molecule has 14 heavy (non-hydrogen) atoms. The monoisotopic (exact) mass is 216 g/mol. The van der Waals surface area contributed by atoms with E-state index in [9.17, 15) is 4.79 Å². The third-order valence-electron chi connectivity index (χ3n) is 3.05. The number of hydrogen-bond acceptors (Lipinski definition) is 3. The Morgan fingerprint density at radius 1 is 1.43 bits per heavy atom. The quantitative estimate of drug-likeness (QED) is 0.778. The van der Waals surface area contributed by atoms with Crippen LogP contribution in [0.1, 0.15) is 25.7 Å². The van der Waals surface area contributed by atoms with E-state index in [0.29, 0.717) is 11.4 Å². The van der Waals surface area contributed by atoms with Gasteiger partial charge in [-0.05, 0) is 25.7 Å². The Morgan fingerprint density at radius 2 is 2.29 bits per heavy atom. The van der Waals surface area contributed by atoms with E-state index in [2.05, 4.69) is 0 Å². The molecule has 2 aliphatic rings. The molecule has 0 bridgehead atoms. The topological polar surface area (TPSA) is 46.5 Å². The second kappa shape index (κ2) is 4.53. The van der Waals surface area contributed by atoms with Crippen molar-refractivity contribution in [1.29, 1.82) is 0 Å². The fraction of sp³-hybridized carbons (Fsp3) is 0.900. The number of hydrogen-bond donors (Lipinski definition) is 1. The average molecular weight is 216 g/mol. The van der Waals surface area contributed by atoms with Gasteiger partial charge >= 0.3 is 5.97 Å². The van der Waals surface area contributed by atoms with Crippen LogP contribution < -0.4 is 0 Å². The molecule has 1 heterocycles. The molecular formula is C10H16O3S. The van der Waals surface area contributed by atoms with Gasteiger partial charge < -0.3 is 9.84 Å². The predicted molar refractivity (Wildman–Crippen MR) is 55.6 cm³/mol. The molecule has 1 aliphatic carbocycles. The lowest BCUT2D eigenvalue weighted by Gasteiger charge is -2.33. The molecule has 0 aromatic heterocycles. The zero-order valence-corrected chi connectivity index (χ0v) is 8.96. The third-order valence-corrected chi connectivity index (χ3v) is 4.60. The van der Waals surface area contributed by atoms with Gasteiger partial charge in [-0.3, -0.25) is 4.79 Å². The first-order valence-electron chi connectivity index (χ1n) is 5.23. The fourth-order valence-electron chi connectivity index (χ4n) is 1.96. The molecule has 2 fully saturated rings. The van der Waals surface area contributed by atoms with Gasteiger partial charge in [0.1, 0.15) is 0 Å². The second-order valence-electron chi connectivity index (χ2n) is 4.03. The van der Waals surface area contributed by atoms with Crippen LogP contribution in [0.2, 0.25) is 0 Å². The zero-order valence-electron chi connectivity index (χ0n) is 8.15. The standard InChI is InChI=1S/C10H16O3S/c11-10(12)8-3-4-9(8)14-6-7-2-1-5-13-7/h7-9H,1-6H2,(H,11,12). The summed E-state index contributed by atoms with van der Waals surface area (Å²) in [6.45, 7) is 0.887. The van der Waals surface area contributed by atoms with Crippen LogP contribution in [0.15, 0.2) is 0 Å². The smallest absolute Gasteiger partial charge is 0.307 e. The number of carbonyl (C=O) groups is 1. The number of thioether (sulfide) groups is 1. The Labute approximate surface area is 88.2 Å². The van der Waals surface area contributed by atoms with Crippen molar-refractivity contribution < 1.29 is 14.6 Å². The van der Waals surface area contributed by atoms with Crippen molar-refractivity contribution in [3.05, 3.63) is 0 Å². The summed E-state index contributed by atoms with van der Waals surface area (Å²) in [5, 5.41) is 9.20. The highest BCUT2D eigenvalue weighted by Crippen LogP contribution is 2.38. The minimum atomic E-state index is -0.624. The molecule has 1 aliphatic heterocycles. The highest BCUT2D eigenvalue weighted by Gasteiger charge is 2.37. The van der Waals surface area contributed by atoms with E-state index < -0.39 is 5.97 Å². The van der Waals surface area contributed by atoms with Gasteiger partial charge in [0.2, 0.25) is 0 Å². The van der Waals surface area contributed by atoms with Crippen molar-refractivity contribution in [2.75, 3.05) is 12.4 Å². The molecule has 4 heteroatoms. The molecule has 3 nitrogen and oxygen atoms in total. The van der Waals surface area contributed by atoms with Gasteiger partial charge in [-0.25, -0.2) is 0 Å². The second-order valence-corrected chi connectivity index (χ2v) is 5.30. The van der Waals surface area contributed by atoms with Crippen LogP contribution in [0, 0.1) is 5.92 Å². The molecule has 0 radical (unpaired) electrons. The molecule has 0 amide bonds. The molecule has 0 aromatic rings. The highest BCUT2D eigenvalue weighted by molar-refractivity contribution is 8.00. The third kappa shape index (κ3) is 2.23. The summed E-state index contributed by atoms with van der Waals surface area (Å²) in [5.41, 5.74) is 0. The minimum Gasteiger partial charge on any atom is -0.481 e. The molecule has 3 atom stereocenters. The average Bonchev–Trinajstić information content (AvgIpc) is 2.53. The Hall–Kier alpha value is -0.220. The normalized spacial score (nSPS) is 36.7. The zero-order chi connectivity index (χ0) is 9.97. The van der Waals surface area contributed by atoms with E-state index in [4.69, 9.17) is 9.84 Å². The minimum absolute atomic E-state index is 0.0959. The molecule has 1 N–H and O–H groups in total. The maximum absolute atomic E-state index is 10.7. The lowest BCUT2D eigenvalue weighted by Crippen LogP contribution is -2.36. The Morgan fingerprint density at radius 3 is 2.79 bits per heavy atom. The van der Waals surface area contributed by atoms with Crippen LogP contribution >= 0.6 is 11.8 Å². The van der Waals surface area contributed by atoms with Gasteiger partial charge in [0.25, 0.3) is 0 Å². The lowest BCUT2D eigenvalue weighted by atomic mass is 9.85. The first-order chi connectivity index (χ1) is 6.77. The number of ether oxygens (including phenoxy) is 1. The largest absolute Gasteiger partial charge is 0.481 e. The number of carboxylic acids is 1. The van der Waals surface area contributed by atoms with Crippen molar-refractivity contribution in [3.8, 4) is 0 Å². The van der Waals surface area contributed by atoms with Crippen LogP contribution in [0.5, 0.6) is 0 Å². The Kier molecular flexibility index (Phi) is 3.34. The summed E-state index contributed by atoms with van der Waals surface area (Å²) in [4.78, 5) is 10.7. The molecule has 1 saturated heterocycles. The first kappa shape index (κ1) is 10.3. The summed E-state index contributed by atoms with van der Waals surface area (Å²) >= 11 is 1.79. The SMILES string of the molecule is O=C(O)C1CCC1SCC1CCCO1. The van der Waals surface area contributed by atoms with Gasteiger partial charge in [0.15, 0.2) is 0 Å². The van der Waals surface area contributed by atoms with Crippen LogP contribution in [0.4, 0.5) is 0 Å². The predicted octanol–water partition coefficient (Wildman–Crippen LogP) is 1.76. The van der Waals surface area contributed by atoms with Crippen LogP contribution in [0.25, 0.3) is 0 Å². The Bertz CT molecular complexity index is 213. The Balaban J connectivity index is 1.67. The summed E-state index contributed by atoms with van der Waals surface area (Å²) in [6, 6.07) is 0. The van der Waals surface area contributed by atoms with Gasteiger partial charge in [0, 0.05) is 17.6 Å². The molecule has 3 unspecified atom stereocenters. The van der Waals surface area contributed by atoms with Crippen LogP contribution in [0.3, 0.4) is 0 Å².